The van der Waals surface area contributed by atoms with E-state index in [-0.39, 0.29) is 12.1 Å². The fourth-order valence-corrected chi connectivity index (χ4v) is 2.44. The van der Waals surface area contributed by atoms with Gasteiger partial charge in [0.1, 0.15) is 11.4 Å². The fourth-order valence-electron chi connectivity index (χ4n) is 2.44. The van der Waals surface area contributed by atoms with Crippen molar-refractivity contribution in [2.24, 2.45) is 0 Å². The van der Waals surface area contributed by atoms with Crippen LogP contribution in [-0.4, -0.2) is 36.5 Å². The highest BCUT2D eigenvalue weighted by molar-refractivity contribution is 6.07. The molecule has 2 rings (SSSR count). The smallest absolute Gasteiger partial charge is 0.330 e. The minimum absolute atomic E-state index is 0.0796. The Hall–Kier alpha value is -2.70. The first-order valence-electron chi connectivity index (χ1n) is 6.94. The molecule has 1 unspecified atom stereocenters. The van der Waals surface area contributed by atoms with E-state index in [0.717, 1.165) is 4.90 Å². The van der Waals surface area contributed by atoms with Crippen LogP contribution in [0.4, 0.5) is 9.18 Å². The highest BCUT2D eigenvalue weighted by Crippen LogP contribution is 2.30. The zero-order valence-electron chi connectivity index (χ0n) is 13.1. The molecule has 1 aliphatic heterocycles. The van der Waals surface area contributed by atoms with E-state index < -0.39 is 29.3 Å². The Morgan fingerprint density at radius 2 is 2.04 bits per heavy atom. The molecule has 0 spiro atoms. The van der Waals surface area contributed by atoms with E-state index in [1.807, 2.05) is 0 Å². The lowest BCUT2D eigenvalue weighted by atomic mass is 9.91. The summed E-state index contributed by atoms with van der Waals surface area (Å²) in [5, 5.41) is 2.51. The van der Waals surface area contributed by atoms with Crippen molar-refractivity contribution in [3.8, 4) is 0 Å². The van der Waals surface area contributed by atoms with Crippen molar-refractivity contribution >= 4 is 17.9 Å². The number of carbonyl (C=O) groups is 3. The molecular formula is C16H17FN2O4. The van der Waals surface area contributed by atoms with Gasteiger partial charge in [0.2, 0.25) is 0 Å². The SMILES string of the molecule is COC(=O)/C=C(\C)CN1C(=O)NC(C)(c2ccccc2F)C1=O. The molecule has 0 bridgehead atoms. The molecule has 23 heavy (non-hydrogen) atoms. The molecule has 0 saturated carbocycles. The number of nitrogens with one attached hydrogen (secondary N) is 1. The second-order valence-electron chi connectivity index (χ2n) is 5.44. The largest absolute Gasteiger partial charge is 0.466 e. The number of ether oxygens (including phenoxy) is 1. The number of benzene rings is 1. The first kappa shape index (κ1) is 16.7. The second kappa shape index (κ2) is 6.20. The molecule has 1 saturated heterocycles. The lowest BCUT2D eigenvalue weighted by molar-refractivity contribution is -0.135. The Balaban J connectivity index is 2.28. The number of imide groups is 1. The molecule has 0 aliphatic carbocycles. The quantitative estimate of drug-likeness (QED) is 0.520. The minimum atomic E-state index is -1.48. The van der Waals surface area contributed by atoms with Gasteiger partial charge in [-0.3, -0.25) is 9.69 Å². The van der Waals surface area contributed by atoms with E-state index in [9.17, 15) is 18.8 Å². The molecule has 3 amide bonds. The number of nitrogens with zero attached hydrogens (tertiary/aromatic N) is 1. The van der Waals surface area contributed by atoms with Crippen LogP contribution in [0.2, 0.25) is 0 Å². The summed E-state index contributed by atoms with van der Waals surface area (Å²) in [5.41, 5.74) is -0.915. The first-order valence-corrected chi connectivity index (χ1v) is 6.94. The molecular weight excluding hydrogens is 303 g/mol. The maximum absolute atomic E-state index is 14.0. The molecule has 0 radical (unpaired) electrons. The number of halogens is 1. The monoisotopic (exact) mass is 320 g/mol. The number of urea groups is 1. The van der Waals surface area contributed by atoms with Crippen LogP contribution in [0.5, 0.6) is 0 Å². The third-order valence-corrected chi connectivity index (χ3v) is 3.66. The molecule has 1 heterocycles. The Morgan fingerprint density at radius 3 is 2.65 bits per heavy atom. The highest BCUT2D eigenvalue weighted by Gasteiger charge is 2.50. The number of hydrogen-bond acceptors (Lipinski definition) is 4. The molecule has 1 atom stereocenters. The Morgan fingerprint density at radius 1 is 1.39 bits per heavy atom. The topological polar surface area (TPSA) is 75.7 Å². The van der Waals surface area contributed by atoms with Crippen molar-refractivity contribution in [3.63, 3.8) is 0 Å². The van der Waals surface area contributed by atoms with E-state index in [1.165, 1.54) is 38.3 Å². The van der Waals surface area contributed by atoms with Crippen LogP contribution >= 0.6 is 0 Å². The van der Waals surface area contributed by atoms with Gasteiger partial charge < -0.3 is 10.1 Å². The Kier molecular flexibility index (Phi) is 4.49. The normalized spacial score (nSPS) is 21.4. The number of hydrogen-bond donors (Lipinski definition) is 1. The van der Waals surface area contributed by atoms with Gasteiger partial charge in [-0.1, -0.05) is 18.2 Å². The van der Waals surface area contributed by atoms with Gasteiger partial charge in [-0.05, 0) is 25.5 Å². The third-order valence-electron chi connectivity index (χ3n) is 3.66. The lowest BCUT2D eigenvalue weighted by Gasteiger charge is -2.22. The summed E-state index contributed by atoms with van der Waals surface area (Å²) >= 11 is 0. The average Bonchev–Trinajstić information content (AvgIpc) is 2.71. The van der Waals surface area contributed by atoms with Crippen molar-refractivity contribution in [1.82, 2.24) is 10.2 Å². The van der Waals surface area contributed by atoms with Crippen LogP contribution in [0.25, 0.3) is 0 Å². The molecule has 6 nitrogen and oxygen atoms in total. The summed E-state index contributed by atoms with van der Waals surface area (Å²) < 4.78 is 18.5. The van der Waals surface area contributed by atoms with Crippen molar-refractivity contribution in [2.45, 2.75) is 19.4 Å². The number of rotatable bonds is 4. The maximum Gasteiger partial charge on any atom is 0.330 e. The predicted octanol–water partition coefficient (Wildman–Crippen LogP) is 1.71. The highest BCUT2D eigenvalue weighted by atomic mass is 19.1. The first-order chi connectivity index (χ1) is 10.8. The van der Waals surface area contributed by atoms with Crippen LogP contribution in [0, 0.1) is 5.82 Å². The van der Waals surface area contributed by atoms with Gasteiger partial charge in [0.15, 0.2) is 0 Å². The minimum Gasteiger partial charge on any atom is -0.466 e. The Bertz CT molecular complexity index is 701. The zero-order chi connectivity index (χ0) is 17.2. The molecule has 7 heteroatoms. The number of esters is 1. The van der Waals surface area contributed by atoms with Crippen LogP contribution in [-0.2, 0) is 19.9 Å². The number of amides is 3. The van der Waals surface area contributed by atoms with Gasteiger partial charge in [-0.25, -0.2) is 14.0 Å². The molecule has 1 aliphatic rings. The van der Waals surface area contributed by atoms with Gasteiger partial charge in [-0.15, -0.1) is 0 Å². The molecule has 1 aromatic rings. The molecule has 1 fully saturated rings. The maximum atomic E-state index is 14.0. The summed E-state index contributed by atoms with van der Waals surface area (Å²) in [6.45, 7) is 2.96. The van der Waals surface area contributed by atoms with Crippen molar-refractivity contribution in [2.75, 3.05) is 13.7 Å². The van der Waals surface area contributed by atoms with Crippen molar-refractivity contribution < 1.29 is 23.5 Å². The fraction of sp³-hybridized carbons (Fsp3) is 0.312. The van der Waals surface area contributed by atoms with Gasteiger partial charge in [-0.2, -0.15) is 0 Å². The summed E-state index contributed by atoms with van der Waals surface area (Å²) in [6, 6.07) is 5.14. The second-order valence-corrected chi connectivity index (χ2v) is 5.44. The van der Waals surface area contributed by atoms with Crippen molar-refractivity contribution in [1.29, 1.82) is 0 Å². The molecule has 122 valence electrons. The molecule has 1 aromatic carbocycles. The van der Waals surface area contributed by atoms with Gasteiger partial charge in [0.05, 0.1) is 13.7 Å². The lowest BCUT2D eigenvalue weighted by Crippen LogP contribution is -2.41. The van der Waals surface area contributed by atoms with E-state index in [0.29, 0.717) is 5.57 Å². The molecule has 0 aromatic heterocycles. The van der Waals surface area contributed by atoms with E-state index in [2.05, 4.69) is 10.1 Å². The van der Waals surface area contributed by atoms with Crippen LogP contribution < -0.4 is 5.32 Å². The standard InChI is InChI=1S/C16H17FN2O4/c1-10(8-13(20)23-3)9-19-14(21)16(2,18-15(19)22)11-6-4-5-7-12(11)17/h4-8H,9H2,1-3H3,(H,18,22)/b10-8+. The summed E-state index contributed by atoms with van der Waals surface area (Å²) in [5.74, 6) is -1.73. The average molecular weight is 320 g/mol. The van der Waals surface area contributed by atoms with Crippen LogP contribution in [0.15, 0.2) is 35.9 Å². The predicted molar refractivity (Wildman–Crippen MR) is 79.8 cm³/mol. The number of methoxy groups -OCH3 is 1. The summed E-state index contributed by atoms with van der Waals surface area (Å²) in [6.07, 6.45) is 1.19. The van der Waals surface area contributed by atoms with Crippen LogP contribution in [0.3, 0.4) is 0 Å². The third kappa shape index (κ3) is 3.08. The summed E-state index contributed by atoms with van der Waals surface area (Å²) in [4.78, 5) is 36.9. The van der Waals surface area contributed by atoms with Crippen molar-refractivity contribution in [3.05, 3.63) is 47.3 Å². The van der Waals surface area contributed by atoms with Crippen LogP contribution in [0.1, 0.15) is 19.4 Å². The zero-order valence-corrected chi connectivity index (χ0v) is 13.1. The van der Waals surface area contributed by atoms with E-state index in [4.69, 9.17) is 0 Å². The molecule has 1 N–H and O–H groups in total. The number of carbonyl (C=O) groups excluding carboxylic acids is 3. The van der Waals surface area contributed by atoms with E-state index >= 15 is 0 Å². The van der Waals surface area contributed by atoms with Gasteiger partial charge >= 0.3 is 12.0 Å². The summed E-state index contributed by atoms with van der Waals surface area (Å²) in [7, 11) is 1.23. The van der Waals surface area contributed by atoms with Gasteiger partial charge in [0, 0.05) is 11.6 Å². The van der Waals surface area contributed by atoms with E-state index in [1.54, 1.807) is 13.0 Å². The Labute approximate surface area is 132 Å². The van der Waals surface area contributed by atoms with Gasteiger partial charge in [0.25, 0.3) is 5.91 Å².